The fourth-order valence-corrected chi connectivity index (χ4v) is 2.13. The Bertz CT molecular complexity index is 582. The number of benzene rings is 2. The zero-order valence-electron chi connectivity index (χ0n) is 11.2. The van der Waals surface area contributed by atoms with Crippen molar-refractivity contribution in [3.8, 4) is 0 Å². The van der Waals surface area contributed by atoms with E-state index < -0.39 is 0 Å². The van der Waals surface area contributed by atoms with Crippen molar-refractivity contribution in [2.75, 3.05) is 0 Å². The lowest BCUT2D eigenvalue weighted by Gasteiger charge is -2.09. The Balaban J connectivity index is 2.28. The van der Waals surface area contributed by atoms with Crippen LogP contribution in [-0.2, 0) is 6.42 Å². The van der Waals surface area contributed by atoms with Gasteiger partial charge in [0.1, 0.15) is 0 Å². The number of carbonyl (C=O) groups is 1. The lowest BCUT2D eigenvalue weighted by atomic mass is 9.95. The van der Waals surface area contributed by atoms with Gasteiger partial charge in [-0.15, -0.1) is 0 Å². The molecule has 0 saturated carbocycles. The van der Waals surface area contributed by atoms with Crippen LogP contribution in [0.15, 0.2) is 42.5 Å². The van der Waals surface area contributed by atoms with Gasteiger partial charge in [0.05, 0.1) is 0 Å². The molecule has 0 amide bonds. The van der Waals surface area contributed by atoms with E-state index in [1.807, 2.05) is 63.2 Å². The van der Waals surface area contributed by atoms with Crippen molar-refractivity contribution in [2.24, 2.45) is 0 Å². The monoisotopic (exact) mass is 238 g/mol. The van der Waals surface area contributed by atoms with Crippen molar-refractivity contribution in [1.82, 2.24) is 0 Å². The van der Waals surface area contributed by atoms with Crippen molar-refractivity contribution in [3.05, 3.63) is 70.3 Å². The highest BCUT2D eigenvalue weighted by Crippen LogP contribution is 2.17. The first-order chi connectivity index (χ1) is 8.59. The Labute approximate surface area is 108 Å². The first kappa shape index (κ1) is 12.6. The van der Waals surface area contributed by atoms with E-state index in [2.05, 4.69) is 0 Å². The van der Waals surface area contributed by atoms with Crippen molar-refractivity contribution in [2.45, 2.75) is 27.2 Å². The molecule has 0 saturated heterocycles. The van der Waals surface area contributed by atoms with Crippen LogP contribution in [0.25, 0.3) is 0 Å². The number of carbonyl (C=O) groups excluding carboxylic acids is 1. The Morgan fingerprint density at radius 3 is 2.28 bits per heavy atom. The molecule has 0 aromatic heterocycles. The Morgan fingerprint density at radius 1 is 0.889 bits per heavy atom. The Hall–Kier alpha value is -1.89. The lowest BCUT2D eigenvalue weighted by molar-refractivity contribution is 0.0992. The molecule has 2 aromatic rings. The molecule has 0 bridgehead atoms. The smallest absolute Gasteiger partial charge is 0.167 e. The summed E-state index contributed by atoms with van der Waals surface area (Å²) in [7, 11) is 0. The summed E-state index contributed by atoms with van der Waals surface area (Å²) in [5, 5.41) is 0. The molecule has 0 N–H and O–H groups in total. The van der Waals surface area contributed by atoms with Gasteiger partial charge in [-0.05, 0) is 43.0 Å². The van der Waals surface area contributed by atoms with Crippen LogP contribution in [0, 0.1) is 20.8 Å². The third kappa shape index (κ3) is 2.51. The van der Waals surface area contributed by atoms with Crippen LogP contribution in [0.4, 0.5) is 0 Å². The van der Waals surface area contributed by atoms with Crippen LogP contribution in [-0.4, -0.2) is 5.78 Å². The lowest BCUT2D eigenvalue weighted by Crippen LogP contribution is -2.07. The van der Waals surface area contributed by atoms with E-state index in [1.54, 1.807) is 0 Å². The van der Waals surface area contributed by atoms with Gasteiger partial charge in [0.15, 0.2) is 5.78 Å². The van der Waals surface area contributed by atoms with E-state index in [0.717, 1.165) is 16.7 Å². The second-order valence-corrected chi connectivity index (χ2v) is 4.77. The molecule has 0 spiro atoms. The predicted molar refractivity (Wildman–Crippen MR) is 75.1 cm³/mol. The number of aryl methyl sites for hydroxylation is 2. The normalized spacial score (nSPS) is 10.4. The van der Waals surface area contributed by atoms with Crippen LogP contribution in [0.3, 0.4) is 0 Å². The van der Waals surface area contributed by atoms with Gasteiger partial charge in [0, 0.05) is 12.0 Å². The zero-order valence-corrected chi connectivity index (χ0v) is 11.2. The molecule has 0 atom stereocenters. The molecule has 0 fully saturated rings. The standard InChI is InChI=1S/C17H18O/c1-12-8-6-10-16(14(12)3)17(18)11-15-9-5-4-7-13(15)2/h4-10H,11H2,1-3H3. The van der Waals surface area contributed by atoms with Gasteiger partial charge in [0.2, 0.25) is 0 Å². The number of hydrogen-bond donors (Lipinski definition) is 0. The first-order valence-corrected chi connectivity index (χ1v) is 6.23. The molecular weight excluding hydrogens is 220 g/mol. The summed E-state index contributed by atoms with van der Waals surface area (Å²) in [5.41, 5.74) is 5.40. The highest BCUT2D eigenvalue weighted by molar-refractivity contribution is 5.99. The number of ketones is 1. The maximum absolute atomic E-state index is 12.3. The predicted octanol–water partition coefficient (Wildman–Crippen LogP) is 4.04. The van der Waals surface area contributed by atoms with Gasteiger partial charge >= 0.3 is 0 Å². The molecule has 0 heterocycles. The van der Waals surface area contributed by atoms with Gasteiger partial charge in [0.25, 0.3) is 0 Å². The van der Waals surface area contributed by atoms with Crippen LogP contribution >= 0.6 is 0 Å². The van der Waals surface area contributed by atoms with E-state index in [1.165, 1.54) is 11.1 Å². The summed E-state index contributed by atoms with van der Waals surface area (Å²) in [6.45, 7) is 6.10. The number of rotatable bonds is 3. The maximum Gasteiger partial charge on any atom is 0.167 e. The van der Waals surface area contributed by atoms with E-state index in [-0.39, 0.29) is 5.78 Å². The fourth-order valence-electron chi connectivity index (χ4n) is 2.13. The largest absolute Gasteiger partial charge is 0.294 e. The summed E-state index contributed by atoms with van der Waals surface area (Å²) < 4.78 is 0. The minimum Gasteiger partial charge on any atom is -0.294 e. The molecule has 0 unspecified atom stereocenters. The molecule has 2 rings (SSSR count). The zero-order chi connectivity index (χ0) is 13.1. The average molecular weight is 238 g/mol. The molecule has 0 radical (unpaired) electrons. The van der Waals surface area contributed by atoms with Crippen LogP contribution < -0.4 is 0 Å². The first-order valence-electron chi connectivity index (χ1n) is 6.23. The van der Waals surface area contributed by atoms with Crippen molar-refractivity contribution >= 4 is 5.78 Å². The van der Waals surface area contributed by atoms with Gasteiger partial charge in [-0.1, -0.05) is 42.5 Å². The highest BCUT2D eigenvalue weighted by Gasteiger charge is 2.11. The molecule has 2 aromatic carbocycles. The number of hydrogen-bond acceptors (Lipinski definition) is 1. The average Bonchev–Trinajstić information content (AvgIpc) is 2.35. The van der Waals surface area contributed by atoms with Crippen molar-refractivity contribution in [3.63, 3.8) is 0 Å². The Morgan fingerprint density at radius 2 is 1.56 bits per heavy atom. The van der Waals surface area contributed by atoms with E-state index in [4.69, 9.17) is 0 Å². The van der Waals surface area contributed by atoms with Gasteiger partial charge in [-0.25, -0.2) is 0 Å². The van der Waals surface area contributed by atoms with Crippen molar-refractivity contribution < 1.29 is 4.79 Å². The third-order valence-corrected chi connectivity index (χ3v) is 3.52. The molecule has 18 heavy (non-hydrogen) atoms. The second kappa shape index (κ2) is 5.18. The van der Waals surface area contributed by atoms with Gasteiger partial charge < -0.3 is 0 Å². The molecular formula is C17H18O. The topological polar surface area (TPSA) is 17.1 Å². The third-order valence-electron chi connectivity index (χ3n) is 3.52. The summed E-state index contributed by atoms with van der Waals surface area (Å²) in [6.07, 6.45) is 0.483. The molecule has 1 nitrogen and oxygen atoms in total. The van der Waals surface area contributed by atoms with Crippen LogP contribution in [0.5, 0.6) is 0 Å². The number of Topliss-reactive ketones (excluding diaryl/α,β-unsaturated/α-hetero) is 1. The fraction of sp³-hybridized carbons (Fsp3) is 0.235. The maximum atomic E-state index is 12.3. The van der Waals surface area contributed by atoms with E-state index >= 15 is 0 Å². The SMILES string of the molecule is Cc1ccccc1CC(=O)c1cccc(C)c1C. The summed E-state index contributed by atoms with van der Waals surface area (Å²) in [6, 6.07) is 14.0. The quantitative estimate of drug-likeness (QED) is 0.738. The van der Waals surface area contributed by atoms with Crippen LogP contribution in [0.2, 0.25) is 0 Å². The summed E-state index contributed by atoms with van der Waals surface area (Å²) in [4.78, 5) is 12.3. The van der Waals surface area contributed by atoms with E-state index in [0.29, 0.717) is 6.42 Å². The van der Waals surface area contributed by atoms with Crippen LogP contribution in [0.1, 0.15) is 32.6 Å². The summed E-state index contributed by atoms with van der Waals surface area (Å²) in [5.74, 6) is 0.200. The molecule has 0 aliphatic carbocycles. The molecule has 92 valence electrons. The Kier molecular flexibility index (Phi) is 3.61. The molecule has 1 heteroatoms. The molecule has 0 aliphatic rings. The van der Waals surface area contributed by atoms with E-state index in [9.17, 15) is 4.79 Å². The summed E-state index contributed by atoms with van der Waals surface area (Å²) >= 11 is 0. The highest BCUT2D eigenvalue weighted by atomic mass is 16.1. The van der Waals surface area contributed by atoms with Gasteiger partial charge in [-0.2, -0.15) is 0 Å². The second-order valence-electron chi connectivity index (χ2n) is 4.77. The van der Waals surface area contributed by atoms with Gasteiger partial charge in [-0.3, -0.25) is 4.79 Å². The molecule has 0 aliphatic heterocycles. The minimum atomic E-state index is 0.200. The van der Waals surface area contributed by atoms with Crippen molar-refractivity contribution in [1.29, 1.82) is 0 Å². The minimum absolute atomic E-state index is 0.200.